The van der Waals surface area contributed by atoms with E-state index in [-0.39, 0.29) is 12.7 Å². The highest BCUT2D eigenvalue weighted by Gasteiger charge is 2.29. The Morgan fingerprint density at radius 2 is 1.83 bits per heavy atom. The van der Waals surface area contributed by atoms with E-state index in [1.54, 1.807) is 13.8 Å². The number of nitrogens with one attached hydrogen (secondary N) is 1. The normalized spacial score (nSPS) is 11.7. The van der Waals surface area contributed by atoms with Crippen LogP contribution in [0.2, 0.25) is 0 Å². The summed E-state index contributed by atoms with van der Waals surface area (Å²) in [5.41, 5.74) is -0.445. The van der Waals surface area contributed by atoms with Gasteiger partial charge in [-0.05, 0) is 38.1 Å². The molecule has 1 N–H and O–H groups in total. The Balaban J connectivity index is 2.56. The molecule has 0 unspecified atom stereocenters. The molecule has 1 rings (SSSR count). The molecule has 0 aliphatic heterocycles. The summed E-state index contributed by atoms with van der Waals surface area (Å²) in [7, 11) is 0. The lowest BCUT2D eigenvalue weighted by molar-refractivity contribution is -0.137. The molecule has 0 saturated heterocycles. The van der Waals surface area contributed by atoms with Gasteiger partial charge in [-0.2, -0.15) is 13.2 Å². The van der Waals surface area contributed by atoms with Gasteiger partial charge in [-0.15, -0.1) is 0 Å². The minimum Gasteiger partial charge on any atom is -0.369 e. The van der Waals surface area contributed by atoms with Gasteiger partial charge >= 0.3 is 6.18 Å². The van der Waals surface area contributed by atoms with Crippen molar-refractivity contribution in [2.75, 3.05) is 11.9 Å². The van der Waals surface area contributed by atoms with Crippen molar-refractivity contribution in [3.05, 3.63) is 29.8 Å². The zero-order chi connectivity index (χ0) is 13.8. The number of amides is 1. The average molecular weight is 261 g/mol. The van der Waals surface area contributed by atoms with Gasteiger partial charge in [0.2, 0.25) is 5.91 Å². The number of ether oxygens (including phenoxy) is 1. The van der Waals surface area contributed by atoms with E-state index in [4.69, 9.17) is 4.74 Å². The topological polar surface area (TPSA) is 38.3 Å². The summed E-state index contributed by atoms with van der Waals surface area (Å²) in [6.07, 6.45) is -4.45. The van der Waals surface area contributed by atoms with Crippen LogP contribution >= 0.6 is 0 Å². The van der Waals surface area contributed by atoms with Crippen molar-refractivity contribution >= 4 is 11.6 Å². The molecule has 0 aliphatic carbocycles. The first-order valence-electron chi connectivity index (χ1n) is 5.38. The Hall–Kier alpha value is -1.56. The number of benzene rings is 1. The highest BCUT2D eigenvalue weighted by atomic mass is 19.4. The molecule has 1 aromatic rings. The van der Waals surface area contributed by atoms with Crippen LogP contribution in [0.25, 0.3) is 0 Å². The smallest absolute Gasteiger partial charge is 0.369 e. The third-order valence-electron chi connectivity index (χ3n) is 2.04. The van der Waals surface area contributed by atoms with Gasteiger partial charge in [0.1, 0.15) is 6.61 Å². The maximum Gasteiger partial charge on any atom is 0.416 e. The SMILES string of the molecule is CC(C)OCC(=O)Nc1ccc(C(F)(F)F)cc1. The average Bonchev–Trinajstić information content (AvgIpc) is 2.26. The van der Waals surface area contributed by atoms with Crippen LogP contribution in [0.3, 0.4) is 0 Å². The van der Waals surface area contributed by atoms with E-state index in [1.165, 1.54) is 12.1 Å². The number of carbonyl (C=O) groups excluding carboxylic acids is 1. The van der Waals surface area contributed by atoms with Gasteiger partial charge in [0.25, 0.3) is 0 Å². The fraction of sp³-hybridized carbons (Fsp3) is 0.417. The molecular weight excluding hydrogens is 247 g/mol. The van der Waals surface area contributed by atoms with E-state index >= 15 is 0 Å². The van der Waals surface area contributed by atoms with E-state index < -0.39 is 17.6 Å². The quantitative estimate of drug-likeness (QED) is 0.904. The zero-order valence-electron chi connectivity index (χ0n) is 10.0. The van der Waals surface area contributed by atoms with E-state index in [0.717, 1.165) is 12.1 Å². The second-order valence-corrected chi connectivity index (χ2v) is 3.98. The van der Waals surface area contributed by atoms with Crippen LogP contribution < -0.4 is 5.32 Å². The number of halogens is 3. The molecule has 0 aromatic heterocycles. The third-order valence-corrected chi connectivity index (χ3v) is 2.04. The number of alkyl halides is 3. The lowest BCUT2D eigenvalue weighted by Gasteiger charge is -2.10. The molecule has 0 saturated carbocycles. The summed E-state index contributed by atoms with van der Waals surface area (Å²) >= 11 is 0. The van der Waals surface area contributed by atoms with Gasteiger partial charge < -0.3 is 10.1 Å². The van der Waals surface area contributed by atoms with Crippen molar-refractivity contribution in [2.24, 2.45) is 0 Å². The van der Waals surface area contributed by atoms with Crippen molar-refractivity contribution in [1.82, 2.24) is 0 Å². The Morgan fingerprint density at radius 3 is 2.28 bits per heavy atom. The molecule has 0 heterocycles. The number of anilines is 1. The van der Waals surface area contributed by atoms with Crippen LogP contribution in [0.5, 0.6) is 0 Å². The van der Waals surface area contributed by atoms with Crippen LogP contribution in [0.1, 0.15) is 19.4 Å². The Bertz CT molecular complexity index is 399. The highest BCUT2D eigenvalue weighted by Crippen LogP contribution is 2.29. The first-order valence-corrected chi connectivity index (χ1v) is 5.38. The van der Waals surface area contributed by atoms with Gasteiger partial charge in [0, 0.05) is 5.69 Å². The lowest BCUT2D eigenvalue weighted by Crippen LogP contribution is -2.20. The molecule has 0 spiro atoms. The summed E-state index contributed by atoms with van der Waals surface area (Å²) < 4.78 is 41.9. The Kier molecular flexibility index (Phi) is 4.72. The molecule has 3 nitrogen and oxygen atoms in total. The van der Waals surface area contributed by atoms with Crippen molar-refractivity contribution in [1.29, 1.82) is 0 Å². The Morgan fingerprint density at radius 1 is 1.28 bits per heavy atom. The van der Waals surface area contributed by atoms with Crippen LogP contribution in [-0.4, -0.2) is 18.6 Å². The molecular formula is C12H14F3NO2. The highest BCUT2D eigenvalue weighted by molar-refractivity contribution is 5.91. The summed E-state index contributed by atoms with van der Waals surface area (Å²) in [6.45, 7) is 3.44. The molecule has 0 bridgehead atoms. The van der Waals surface area contributed by atoms with E-state index in [9.17, 15) is 18.0 Å². The zero-order valence-corrected chi connectivity index (χ0v) is 10.0. The molecule has 100 valence electrons. The second-order valence-electron chi connectivity index (χ2n) is 3.98. The number of rotatable bonds is 4. The minimum absolute atomic E-state index is 0.0802. The van der Waals surface area contributed by atoms with E-state index in [2.05, 4.69) is 5.32 Å². The maximum absolute atomic E-state index is 12.3. The number of hydrogen-bond donors (Lipinski definition) is 1. The first kappa shape index (κ1) is 14.5. The lowest BCUT2D eigenvalue weighted by atomic mass is 10.2. The standard InChI is InChI=1S/C12H14F3NO2/c1-8(2)18-7-11(17)16-10-5-3-9(4-6-10)12(13,14)15/h3-6,8H,7H2,1-2H3,(H,16,17). The number of carbonyl (C=O) groups is 1. The minimum atomic E-state index is -4.37. The third kappa shape index (κ3) is 4.75. The maximum atomic E-state index is 12.3. The monoisotopic (exact) mass is 261 g/mol. The molecule has 1 amide bonds. The van der Waals surface area contributed by atoms with Gasteiger partial charge in [-0.25, -0.2) is 0 Å². The van der Waals surface area contributed by atoms with Crippen molar-refractivity contribution in [3.8, 4) is 0 Å². The van der Waals surface area contributed by atoms with Gasteiger partial charge in [0.15, 0.2) is 0 Å². The van der Waals surface area contributed by atoms with Gasteiger partial charge in [-0.1, -0.05) is 0 Å². The molecule has 1 aromatic carbocycles. The molecule has 0 atom stereocenters. The predicted molar refractivity (Wildman–Crippen MR) is 61.2 cm³/mol. The Labute approximate surface area is 103 Å². The first-order chi connectivity index (χ1) is 8.29. The van der Waals surface area contributed by atoms with Gasteiger partial charge in [-0.3, -0.25) is 4.79 Å². The van der Waals surface area contributed by atoms with Crippen LogP contribution in [0.4, 0.5) is 18.9 Å². The molecule has 0 aliphatic rings. The largest absolute Gasteiger partial charge is 0.416 e. The number of hydrogen-bond acceptors (Lipinski definition) is 2. The summed E-state index contributed by atoms with van der Waals surface area (Å²) in [5, 5.41) is 2.44. The van der Waals surface area contributed by atoms with E-state index in [0.29, 0.717) is 5.69 Å². The summed E-state index contributed by atoms with van der Waals surface area (Å²) in [4.78, 5) is 11.3. The van der Waals surface area contributed by atoms with Gasteiger partial charge in [0.05, 0.1) is 11.7 Å². The second kappa shape index (κ2) is 5.86. The van der Waals surface area contributed by atoms with Crippen LogP contribution in [-0.2, 0) is 15.7 Å². The predicted octanol–water partition coefficient (Wildman–Crippen LogP) is 3.07. The fourth-order valence-corrected chi connectivity index (χ4v) is 1.18. The van der Waals surface area contributed by atoms with Crippen LogP contribution in [0.15, 0.2) is 24.3 Å². The fourth-order valence-electron chi connectivity index (χ4n) is 1.18. The molecule has 0 radical (unpaired) electrons. The molecule has 18 heavy (non-hydrogen) atoms. The molecule has 0 fully saturated rings. The van der Waals surface area contributed by atoms with E-state index in [1.807, 2.05) is 0 Å². The van der Waals surface area contributed by atoms with Crippen molar-refractivity contribution in [2.45, 2.75) is 26.1 Å². The molecule has 6 heteroatoms. The summed E-state index contributed by atoms with van der Waals surface area (Å²) in [6, 6.07) is 4.24. The van der Waals surface area contributed by atoms with Crippen LogP contribution in [0, 0.1) is 0 Å². The van der Waals surface area contributed by atoms with Crippen molar-refractivity contribution in [3.63, 3.8) is 0 Å². The summed E-state index contributed by atoms with van der Waals surface area (Å²) in [5.74, 6) is -0.400. The van der Waals surface area contributed by atoms with Crippen molar-refractivity contribution < 1.29 is 22.7 Å².